The van der Waals surface area contributed by atoms with Crippen molar-refractivity contribution in [2.24, 2.45) is 0 Å². The van der Waals surface area contributed by atoms with Gasteiger partial charge in [0, 0.05) is 37.0 Å². The van der Waals surface area contributed by atoms with Gasteiger partial charge >= 0.3 is 0 Å². The minimum absolute atomic E-state index is 0.0274. The molecular weight excluding hydrogens is 396 g/mol. The molecule has 0 unspecified atom stereocenters. The molecule has 1 aliphatic heterocycles. The SMILES string of the molecule is Cc1cc(CN2Cc3c(ccnc3CC(=O)NCCO)C2=O)ccc1OCC(F)F. The molecule has 1 aromatic heterocycles. The van der Waals surface area contributed by atoms with Crippen LogP contribution in [0.25, 0.3) is 0 Å². The highest BCUT2D eigenvalue weighted by Gasteiger charge is 2.30. The summed E-state index contributed by atoms with van der Waals surface area (Å²) >= 11 is 0. The molecule has 2 aromatic rings. The maximum Gasteiger partial charge on any atom is 0.272 e. The second-order valence-corrected chi connectivity index (χ2v) is 7.00. The van der Waals surface area contributed by atoms with Crippen molar-refractivity contribution < 1.29 is 28.2 Å². The first kappa shape index (κ1) is 21.6. The first-order valence-corrected chi connectivity index (χ1v) is 9.53. The number of aliphatic hydroxyl groups is 1. The van der Waals surface area contributed by atoms with Crippen molar-refractivity contribution in [3.05, 3.63) is 58.4 Å². The first-order chi connectivity index (χ1) is 14.4. The second-order valence-electron chi connectivity index (χ2n) is 7.00. The topological polar surface area (TPSA) is 91.8 Å². The third-order valence-electron chi connectivity index (χ3n) is 4.75. The molecule has 0 aliphatic carbocycles. The lowest BCUT2D eigenvalue weighted by molar-refractivity contribution is -0.120. The highest BCUT2D eigenvalue weighted by molar-refractivity contribution is 5.98. The fraction of sp³-hybridized carbons (Fsp3) is 0.381. The molecule has 9 heteroatoms. The van der Waals surface area contributed by atoms with E-state index in [1.807, 2.05) is 0 Å². The molecule has 0 spiro atoms. The van der Waals surface area contributed by atoms with E-state index < -0.39 is 13.0 Å². The van der Waals surface area contributed by atoms with Crippen LogP contribution < -0.4 is 10.1 Å². The Hall–Kier alpha value is -3.07. The fourth-order valence-corrected chi connectivity index (χ4v) is 3.38. The standard InChI is InChI=1S/C21H23F2N3O4/c1-13-8-14(2-3-18(13)30-12-19(22)23)10-26-11-16-15(21(26)29)4-5-24-17(16)9-20(28)25-6-7-27/h2-5,8,19,27H,6-7,9-12H2,1H3,(H,25,28). The number of amides is 2. The van der Waals surface area contributed by atoms with Crippen molar-refractivity contribution in [3.8, 4) is 5.75 Å². The molecule has 30 heavy (non-hydrogen) atoms. The summed E-state index contributed by atoms with van der Waals surface area (Å²) in [7, 11) is 0. The van der Waals surface area contributed by atoms with E-state index in [9.17, 15) is 18.4 Å². The van der Waals surface area contributed by atoms with Gasteiger partial charge in [-0.2, -0.15) is 0 Å². The molecule has 3 rings (SSSR count). The summed E-state index contributed by atoms with van der Waals surface area (Å²) in [6.07, 6.45) is -1.01. The number of halogens is 2. The molecule has 0 radical (unpaired) electrons. The van der Waals surface area contributed by atoms with Gasteiger partial charge in [-0.1, -0.05) is 12.1 Å². The molecule has 0 atom stereocenters. The number of carbonyl (C=O) groups excluding carboxylic acids is 2. The maximum absolute atomic E-state index is 12.8. The maximum atomic E-state index is 12.8. The van der Waals surface area contributed by atoms with Crippen LogP contribution in [0.2, 0.25) is 0 Å². The van der Waals surface area contributed by atoms with E-state index in [1.165, 1.54) is 6.20 Å². The number of ether oxygens (including phenoxy) is 1. The number of fused-ring (bicyclic) bond motifs is 1. The molecular formula is C21H23F2N3O4. The summed E-state index contributed by atoms with van der Waals surface area (Å²) in [6, 6.07) is 6.81. The van der Waals surface area contributed by atoms with Gasteiger partial charge in [0.25, 0.3) is 12.3 Å². The zero-order valence-electron chi connectivity index (χ0n) is 16.5. The third-order valence-corrected chi connectivity index (χ3v) is 4.75. The molecule has 2 N–H and O–H groups in total. The van der Waals surface area contributed by atoms with Gasteiger partial charge in [-0.25, -0.2) is 8.78 Å². The predicted molar refractivity (Wildman–Crippen MR) is 104 cm³/mol. The zero-order valence-corrected chi connectivity index (χ0v) is 16.5. The summed E-state index contributed by atoms with van der Waals surface area (Å²) in [6.45, 7) is 1.77. The third kappa shape index (κ3) is 5.10. The van der Waals surface area contributed by atoms with Gasteiger partial charge in [0.05, 0.1) is 18.7 Å². The van der Waals surface area contributed by atoms with Crippen LogP contribution in [0, 0.1) is 6.92 Å². The van der Waals surface area contributed by atoms with Crippen molar-refractivity contribution >= 4 is 11.8 Å². The molecule has 0 fully saturated rings. The van der Waals surface area contributed by atoms with E-state index >= 15 is 0 Å². The molecule has 0 saturated carbocycles. The number of rotatable bonds is 9. The van der Waals surface area contributed by atoms with E-state index in [-0.39, 0.29) is 31.4 Å². The van der Waals surface area contributed by atoms with Crippen LogP contribution in [0.1, 0.15) is 32.7 Å². The molecule has 1 aromatic carbocycles. The molecule has 1 aliphatic rings. The van der Waals surface area contributed by atoms with Crippen LogP contribution >= 0.6 is 0 Å². The highest BCUT2D eigenvalue weighted by atomic mass is 19.3. The van der Waals surface area contributed by atoms with Gasteiger partial charge in [0.1, 0.15) is 12.4 Å². The summed E-state index contributed by atoms with van der Waals surface area (Å²) in [5.41, 5.74) is 3.32. The van der Waals surface area contributed by atoms with Gasteiger partial charge in [-0.15, -0.1) is 0 Å². The molecule has 0 bridgehead atoms. The van der Waals surface area contributed by atoms with Crippen molar-refractivity contribution in [2.75, 3.05) is 19.8 Å². The number of aryl methyl sites for hydroxylation is 1. The Morgan fingerprint density at radius 3 is 2.87 bits per heavy atom. The molecule has 160 valence electrons. The molecule has 7 nitrogen and oxygen atoms in total. The summed E-state index contributed by atoms with van der Waals surface area (Å²) in [5.74, 6) is -0.0404. The summed E-state index contributed by atoms with van der Waals surface area (Å²) < 4.78 is 29.8. The minimum atomic E-state index is -2.54. The van der Waals surface area contributed by atoms with Gasteiger partial charge in [0.2, 0.25) is 5.91 Å². The van der Waals surface area contributed by atoms with Crippen LogP contribution in [0.4, 0.5) is 8.78 Å². The number of hydrogen-bond acceptors (Lipinski definition) is 5. The second kappa shape index (κ2) is 9.62. The number of aliphatic hydroxyl groups excluding tert-OH is 1. The number of hydrogen-bond donors (Lipinski definition) is 2. The van der Waals surface area contributed by atoms with Crippen LogP contribution in [-0.2, 0) is 24.3 Å². The van der Waals surface area contributed by atoms with Gasteiger partial charge in [0.15, 0.2) is 0 Å². The number of alkyl halides is 2. The normalized spacial score (nSPS) is 13.0. The van der Waals surface area contributed by atoms with Crippen molar-refractivity contribution in [3.63, 3.8) is 0 Å². The van der Waals surface area contributed by atoms with Gasteiger partial charge in [-0.3, -0.25) is 14.6 Å². The summed E-state index contributed by atoms with van der Waals surface area (Å²) in [4.78, 5) is 30.7. The average Bonchev–Trinajstić information content (AvgIpc) is 3.02. The largest absolute Gasteiger partial charge is 0.487 e. The van der Waals surface area contributed by atoms with E-state index in [4.69, 9.17) is 9.84 Å². The van der Waals surface area contributed by atoms with Gasteiger partial charge in [-0.05, 0) is 30.2 Å². The van der Waals surface area contributed by atoms with Crippen LogP contribution in [0.15, 0.2) is 30.5 Å². The lowest BCUT2D eigenvalue weighted by Gasteiger charge is -2.17. The predicted octanol–water partition coefficient (Wildman–Crippen LogP) is 1.84. The minimum Gasteiger partial charge on any atom is -0.487 e. The van der Waals surface area contributed by atoms with Crippen molar-refractivity contribution in [2.45, 2.75) is 32.9 Å². The van der Waals surface area contributed by atoms with E-state index in [0.717, 1.165) is 11.1 Å². The monoisotopic (exact) mass is 419 g/mol. The quantitative estimate of drug-likeness (QED) is 0.647. The lowest BCUT2D eigenvalue weighted by Crippen LogP contribution is -2.28. The van der Waals surface area contributed by atoms with E-state index in [2.05, 4.69) is 10.3 Å². The Bertz CT molecular complexity index is 936. The number of nitrogens with one attached hydrogen (secondary N) is 1. The Labute approximate surface area is 172 Å². The number of aromatic nitrogens is 1. The lowest BCUT2D eigenvalue weighted by atomic mass is 10.1. The Morgan fingerprint density at radius 1 is 1.37 bits per heavy atom. The van der Waals surface area contributed by atoms with Crippen LogP contribution in [-0.4, -0.2) is 53.0 Å². The van der Waals surface area contributed by atoms with E-state index in [1.54, 1.807) is 36.1 Å². The Balaban J connectivity index is 1.70. The highest BCUT2D eigenvalue weighted by Crippen LogP contribution is 2.28. The number of carbonyl (C=O) groups is 2. The van der Waals surface area contributed by atoms with E-state index in [0.29, 0.717) is 35.7 Å². The van der Waals surface area contributed by atoms with Crippen molar-refractivity contribution in [1.29, 1.82) is 0 Å². The zero-order chi connectivity index (χ0) is 21.7. The smallest absolute Gasteiger partial charge is 0.272 e. The fourth-order valence-electron chi connectivity index (χ4n) is 3.38. The number of pyridine rings is 1. The number of benzene rings is 1. The molecule has 2 amide bonds. The van der Waals surface area contributed by atoms with Crippen molar-refractivity contribution in [1.82, 2.24) is 15.2 Å². The summed E-state index contributed by atoms with van der Waals surface area (Å²) in [5, 5.41) is 11.4. The van der Waals surface area contributed by atoms with Crippen LogP contribution in [0.5, 0.6) is 5.75 Å². The number of nitrogens with zero attached hydrogens (tertiary/aromatic N) is 2. The van der Waals surface area contributed by atoms with Gasteiger partial charge < -0.3 is 20.1 Å². The Kier molecular flexibility index (Phi) is 6.94. The first-order valence-electron chi connectivity index (χ1n) is 9.53. The Morgan fingerprint density at radius 2 is 2.17 bits per heavy atom. The average molecular weight is 419 g/mol. The molecule has 2 heterocycles. The molecule has 0 saturated heterocycles. The van der Waals surface area contributed by atoms with Crippen LogP contribution in [0.3, 0.4) is 0 Å².